The molecule has 6 heteroatoms. The highest BCUT2D eigenvalue weighted by atomic mass is 32.1. The van der Waals surface area contributed by atoms with Crippen LogP contribution in [0.3, 0.4) is 0 Å². The molecule has 5 nitrogen and oxygen atoms in total. The van der Waals surface area contributed by atoms with Gasteiger partial charge in [-0.15, -0.1) is 10.2 Å². The lowest BCUT2D eigenvalue weighted by molar-refractivity contribution is 0.354. The lowest BCUT2D eigenvalue weighted by Gasteiger charge is -2.18. The topological polar surface area (TPSA) is 56.3 Å². The molecule has 0 spiro atoms. The van der Waals surface area contributed by atoms with Gasteiger partial charge in [0.15, 0.2) is 11.5 Å². The summed E-state index contributed by atoms with van der Waals surface area (Å²) in [6.07, 6.45) is 1.85. The summed E-state index contributed by atoms with van der Waals surface area (Å²) in [5.74, 6) is 1.47. The smallest absolute Gasteiger partial charge is 0.206 e. The third kappa shape index (κ3) is 3.64. The number of rotatable bonds is 7. The Hall–Kier alpha value is -1.82. The van der Waals surface area contributed by atoms with Crippen molar-refractivity contribution in [3.8, 4) is 11.5 Å². The molecule has 0 radical (unpaired) electrons. The molecule has 0 fully saturated rings. The number of aryl methyl sites for hydroxylation is 1. The summed E-state index contributed by atoms with van der Waals surface area (Å²) in [5, 5.41) is 13.6. The van der Waals surface area contributed by atoms with Crippen molar-refractivity contribution in [3.63, 3.8) is 0 Å². The number of benzene rings is 1. The minimum Gasteiger partial charge on any atom is -0.493 e. The number of hydrogen-bond donors (Lipinski definition) is 1. The van der Waals surface area contributed by atoms with Crippen molar-refractivity contribution in [1.82, 2.24) is 10.2 Å². The number of nitrogens with one attached hydrogen (secondary N) is 1. The van der Waals surface area contributed by atoms with Crippen molar-refractivity contribution in [2.24, 2.45) is 0 Å². The van der Waals surface area contributed by atoms with Gasteiger partial charge in [-0.3, -0.25) is 0 Å². The Labute approximate surface area is 129 Å². The summed E-state index contributed by atoms with van der Waals surface area (Å²) in [5.41, 5.74) is 1.14. The zero-order valence-corrected chi connectivity index (χ0v) is 13.7. The fraction of sp³-hybridized carbons (Fsp3) is 0.467. The summed E-state index contributed by atoms with van der Waals surface area (Å²) >= 11 is 1.60. The first-order valence-electron chi connectivity index (χ1n) is 7.02. The average Bonchev–Trinajstić information content (AvgIpc) is 2.99. The summed E-state index contributed by atoms with van der Waals surface area (Å²) in [6, 6.07) is 6.14. The van der Waals surface area contributed by atoms with Crippen LogP contribution in [0.25, 0.3) is 0 Å². The molecule has 0 bridgehead atoms. The highest BCUT2D eigenvalue weighted by molar-refractivity contribution is 7.15. The van der Waals surface area contributed by atoms with Gasteiger partial charge in [-0.25, -0.2) is 0 Å². The second-order valence-corrected chi connectivity index (χ2v) is 5.64. The maximum atomic E-state index is 5.37. The number of anilines is 1. The van der Waals surface area contributed by atoms with Crippen LogP contribution in [0.15, 0.2) is 18.2 Å². The average molecular weight is 307 g/mol. The molecule has 1 unspecified atom stereocenters. The molecule has 21 heavy (non-hydrogen) atoms. The predicted octanol–water partition coefficient (Wildman–Crippen LogP) is 3.68. The van der Waals surface area contributed by atoms with Gasteiger partial charge in [0.1, 0.15) is 5.01 Å². The van der Waals surface area contributed by atoms with Crippen molar-refractivity contribution in [1.29, 1.82) is 0 Å². The lowest BCUT2D eigenvalue weighted by Crippen LogP contribution is -2.09. The molecule has 114 valence electrons. The molecular weight excluding hydrogens is 286 g/mol. The van der Waals surface area contributed by atoms with E-state index in [1.54, 1.807) is 25.6 Å². The van der Waals surface area contributed by atoms with Crippen LogP contribution in [-0.4, -0.2) is 24.4 Å². The molecule has 1 heterocycles. The van der Waals surface area contributed by atoms with Crippen LogP contribution in [0.2, 0.25) is 0 Å². The van der Waals surface area contributed by atoms with Crippen LogP contribution in [0.1, 0.15) is 36.9 Å². The first-order chi connectivity index (χ1) is 10.2. The van der Waals surface area contributed by atoms with Crippen molar-refractivity contribution in [2.45, 2.75) is 32.7 Å². The first-order valence-corrected chi connectivity index (χ1v) is 7.84. The summed E-state index contributed by atoms with van der Waals surface area (Å²) < 4.78 is 10.6. The van der Waals surface area contributed by atoms with E-state index >= 15 is 0 Å². The number of nitrogens with zero attached hydrogens (tertiary/aromatic N) is 2. The summed E-state index contributed by atoms with van der Waals surface area (Å²) in [4.78, 5) is 0. The fourth-order valence-electron chi connectivity index (χ4n) is 2.09. The number of aromatic nitrogens is 2. The van der Waals surface area contributed by atoms with Gasteiger partial charge in [0.05, 0.1) is 20.3 Å². The predicted molar refractivity (Wildman–Crippen MR) is 85.5 cm³/mol. The summed E-state index contributed by atoms with van der Waals surface area (Å²) in [6.45, 7) is 4.21. The van der Waals surface area contributed by atoms with Crippen LogP contribution in [0.4, 0.5) is 5.13 Å². The molecule has 1 aromatic heterocycles. The Balaban J connectivity index is 2.20. The zero-order valence-electron chi connectivity index (χ0n) is 12.8. The van der Waals surface area contributed by atoms with E-state index in [1.165, 1.54) is 0 Å². The monoisotopic (exact) mass is 307 g/mol. The van der Waals surface area contributed by atoms with E-state index in [1.807, 2.05) is 18.2 Å². The highest BCUT2D eigenvalue weighted by Crippen LogP contribution is 2.32. The highest BCUT2D eigenvalue weighted by Gasteiger charge is 2.14. The quantitative estimate of drug-likeness (QED) is 0.845. The van der Waals surface area contributed by atoms with E-state index in [-0.39, 0.29) is 6.04 Å². The number of ether oxygens (including phenoxy) is 2. The maximum absolute atomic E-state index is 5.37. The molecule has 2 aromatic rings. The normalized spacial score (nSPS) is 12.0. The molecule has 2 rings (SSSR count). The fourth-order valence-corrected chi connectivity index (χ4v) is 2.83. The second-order valence-electron chi connectivity index (χ2n) is 4.57. The van der Waals surface area contributed by atoms with Gasteiger partial charge in [-0.05, 0) is 30.5 Å². The zero-order chi connectivity index (χ0) is 15.2. The van der Waals surface area contributed by atoms with E-state index in [2.05, 4.69) is 29.4 Å². The van der Waals surface area contributed by atoms with Crippen molar-refractivity contribution in [3.05, 3.63) is 28.8 Å². The maximum Gasteiger partial charge on any atom is 0.206 e. The van der Waals surface area contributed by atoms with Gasteiger partial charge in [0.2, 0.25) is 5.13 Å². The van der Waals surface area contributed by atoms with Gasteiger partial charge in [0, 0.05) is 0 Å². The van der Waals surface area contributed by atoms with E-state index in [0.29, 0.717) is 0 Å². The second kappa shape index (κ2) is 7.26. The molecule has 0 aliphatic rings. The van der Waals surface area contributed by atoms with Gasteiger partial charge >= 0.3 is 0 Å². The molecule has 0 saturated heterocycles. The Morgan fingerprint density at radius 3 is 2.48 bits per heavy atom. The van der Waals surface area contributed by atoms with Gasteiger partial charge in [0.25, 0.3) is 0 Å². The molecule has 0 amide bonds. The molecule has 0 aliphatic carbocycles. The summed E-state index contributed by atoms with van der Waals surface area (Å²) in [7, 11) is 3.29. The Morgan fingerprint density at radius 1 is 1.14 bits per heavy atom. The Bertz CT molecular complexity index is 586. The van der Waals surface area contributed by atoms with Crippen molar-refractivity contribution >= 4 is 16.5 Å². The van der Waals surface area contributed by atoms with Gasteiger partial charge in [-0.1, -0.05) is 31.3 Å². The van der Waals surface area contributed by atoms with Gasteiger partial charge in [-0.2, -0.15) is 0 Å². The van der Waals surface area contributed by atoms with Crippen LogP contribution in [0, 0.1) is 0 Å². The molecule has 1 atom stereocenters. The number of methoxy groups -OCH3 is 2. The third-order valence-corrected chi connectivity index (χ3v) is 4.28. The van der Waals surface area contributed by atoms with E-state index in [4.69, 9.17) is 9.47 Å². The Kier molecular flexibility index (Phi) is 5.38. The molecule has 0 aliphatic heterocycles. The van der Waals surface area contributed by atoms with Gasteiger partial charge < -0.3 is 14.8 Å². The molecular formula is C15H21N3O2S. The first kappa shape index (κ1) is 15.6. The van der Waals surface area contributed by atoms with E-state index in [0.717, 1.165) is 40.0 Å². The number of hydrogen-bond acceptors (Lipinski definition) is 6. The van der Waals surface area contributed by atoms with Crippen LogP contribution < -0.4 is 14.8 Å². The largest absolute Gasteiger partial charge is 0.493 e. The van der Waals surface area contributed by atoms with Crippen LogP contribution >= 0.6 is 11.3 Å². The minimum atomic E-state index is 0.169. The van der Waals surface area contributed by atoms with Crippen LogP contribution in [-0.2, 0) is 6.42 Å². The van der Waals surface area contributed by atoms with Crippen molar-refractivity contribution < 1.29 is 9.47 Å². The molecule has 0 saturated carbocycles. The third-order valence-electron chi connectivity index (χ3n) is 3.29. The standard InChI is InChI=1S/C15H21N3O2S/c1-5-11(16-15-18-17-14(6-2)21-15)10-7-8-12(19-3)13(9-10)20-4/h7-9,11H,5-6H2,1-4H3,(H,16,18). The minimum absolute atomic E-state index is 0.169. The lowest BCUT2D eigenvalue weighted by atomic mass is 10.0. The van der Waals surface area contributed by atoms with Crippen molar-refractivity contribution in [2.75, 3.05) is 19.5 Å². The molecule has 1 N–H and O–H groups in total. The van der Waals surface area contributed by atoms with Crippen LogP contribution in [0.5, 0.6) is 11.5 Å². The molecule has 1 aromatic carbocycles. The van der Waals surface area contributed by atoms with E-state index in [9.17, 15) is 0 Å². The Morgan fingerprint density at radius 2 is 1.90 bits per heavy atom. The SMILES string of the molecule is CCc1nnc(NC(CC)c2ccc(OC)c(OC)c2)s1. The van der Waals surface area contributed by atoms with E-state index < -0.39 is 0 Å².